The standard InChI is InChI=1S/C11H21NO4/c1-4-5-6-16-10(15)11(12,9(13)14)7-8(2)3/h8H,4-7,12H2,1-3H3,(H,13,14)/t11-/m0/s1. The van der Waals surface area contributed by atoms with Gasteiger partial charge in [0.15, 0.2) is 0 Å². The van der Waals surface area contributed by atoms with E-state index in [1.165, 1.54) is 0 Å². The number of aliphatic carboxylic acids is 1. The van der Waals surface area contributed by atoms with Gasteiger partial charge in [-0.2, -0.15) is 0 Å². The number of rotatable bonds is 7. The molecule has 0 saturated carbocycles. The molecule has 94 valence electrons. The van der Waals surface area contributed by atoms with Crippen LogP contribution in [0.3, 0.4) is 0 Å². The van der Waals surface area contributed by atoms with Gasteiger partial charge in [-0.1, -0.05) is 27.2 Å². The van der Waals surface area contributed by atoms with Crippen LogP contribution in [0.15, 0.2) is 0 Å². The monoisotopic (exact) mass is 231 g/mol. The lowest BCUT2D eigenvalue weighted by Gasteiger charge is -2.24. The second-order valence-electron chi connectivity index (χ2n) is 4.36. The predicted molar refractivity (Wildman–Crippen MR) is 59.9 cm³/mol. The van der Waals surface area contributed by atoms with Crippen molar-refractivity contribution in [2.75, 3.05) is 6.61 Å². The van der Waals surface area contributed by atoms with E-state index in [-0.39, 0.29) is 18.9 Å². The van der Waals surface area contributed by atoms with E-state index in [1.54, 1.807) is 0 Å². The van der Waals surface area contributed by atoms with E-state index in [2.05, 4.69) is 0 Å². The summed E-state index contributed by atoms with van der Waals surface area (Å²) in [6.45, 7) is 5.79. The van der Waals surface area contributed by atoms with Crippen LogP contribution in [0.1, 0.15) is 40.0 Å². The molecule has 0 aromatic heterocycles. The lowest BCUT2D eigenvalue weighted by molar-refractivity contribution is -0.162. The largest absolute Gasteiger partial charge is 0.479 e. The Morgan fingerprint density at radius 1 is 1.44 bits per heavy atom. The summed E-state index contributed by atoms with van der Waals surface area (Å²) in [4.78, 5) is 22.6. The van der Waals surface area contributed by atoms with Crippen molar-refractivity contribution in [3.8, 4) is 0 Å². The summed E-state index contributed by atoms with van der Waals surface area (Å²) >= 11 is 0. The Morgan fingerprint density at radius 2 is 2.00 bits per heavy atom. The molecule has 0 unspecified atom stereocenters. The molecular formula is C11H21NO4. The van der Waals surface area contributed by atoms with Gasteiger partial charge in [-0.25, -0.2) is 9.59 Å². The van der Waals surface area contributed by atoms with Crippen molar-refractivity contribution in [2.24, 2.45) is 11.7 Å². The van der Waals surface area contributed by atoms with Crippen LogP contribution in [0.5, 0.6) is 0 Å². The van der Waals surface area contributed by atoms with E-state index in [0.29, 0.717) is 6.42 Å². The smallest absolute Gasteiger partial charge is 0.337 e. The molecule has 0 radical (unpaired) electrons. The third kappa shape index (κ3) is 4.18. The maximum absolute atomic E-state index is 11.6. The molecule has 0 saturated heterocycles. The molecule has 0 rings (SSSR count). The quantitative estimate of drug-likeness (QED) is 0.390. The second kappa shape index (κ2) is 6.48. The zero-order valence-electron chi connectivity index (χ0n) is 10.2. The Morgan fingerprint density at radius 3 is 2.38 bits per heavy atom. The van der Waals surface area contributed by atoms with E-state index in [4.69, 9.17) is 15.6 Å². The van der Waals surface area contributed by atoms with Crippen molar-refractivity contribution in [1.82, 2.24) is 0 Å². The molecule has 0 spiro atoms. The fourth-order valence-corrected chi connectivity index (χ4v) is 1.34. The fourth-order valence-electron chi connectivity index (χ4n) is 1.34. The van der Waals surface area contributed by atoms with Gasteiger partial charge in [-0.05, 0) is 18.8 Å². The minimum Gasteiger partial charge on any atom is -0.479 e. The fraction of sp³-hybridized carbons (Fsp3) is 0.818. The molecular weight excluding hydrogens is 210 g/mol. The highest BCUT2D eigenvalue weighted by molar-refractivity contribution is 6.03. The van der Waals surface area contributed by atoms with Crippen LogP contribution >= 0.6 is 0 Å². The third-order valence-electron chi connectivity index (χ3n) is 2.21. The molecule has 0 aromatic rings. The van der Waals surface area contributed by atoms with Crippen molar-refractivity contribution >= 4 is 11.9 Å². The van der Waals surface area contributed by atoms with Crippen LogP contribution in [0, 0.1) is 5.92 Å². The molecule has 0 aliphatic rings. The van der Waals surface area contributed by atoms with Gasteiger partial charge in [0.05, 0.1) is 6.61 Å². The number of carbonyl (C=O) groups is 2. The summed E-state index contributed by atoms with van der Waals surface area (Å²) in [5.41, 5.74) is 3.68. The lowest BCUT2D eigenvalue weighted by Crippen LogP contribution is -2.56. The first-order valence-corrected chi connectivity index (χ1v) is 5.54. The van der Waals surface area contributed by atoms with Crippen molar-refractivity contribution < 1.29 is 19.4 Å². The molecule has 5 heteroatoms. The summed E-state index contributed by atoms with van der Waals surface area (Å²) in [6, 6.07) is 0. The van der Waals surface area contributed by atoms with E-state index >= 15 is 0 Å². The number of esters is 1. The van der Waals surface area contributed by atoms with E-state index < -0.39 is 17.5 Å². The van der Waals surface area contributed by atoms with E-state index in [1.807, 2.05) is 20.8 Å². The van der Waals surface area contributed by atoms with Gasteiger partial charge in [0, 0.05) is 0 Å². The van der Waals surface area contributed by atoms with Crippen LogP contribution in [-0.2, 0) is 14.3 Å². The van der Waals surface area contributed by atoms with Gasteiger partial charge in [0.25, 0.3) is 0 Å². The van der Waals surface area contributed by atoms with Crippen molar-refractivity contribution in [2.45, 2.75) is 45.6 Å². The first kappa shape index (κ1) is 14.9. The Bertz CT molecular complexity index is 252. The summed E-state index contributed by atoms with van der Waals surface area (Å²) in [7, 11) is 0. The van der Waals surface area contributed by atoms with Crippen molar-refractivity contribution in [3.63, 3.8) is 0 Å². The van der Waals surface area contributed by atoms with E-state index in [0.717, 1.165) is 6.42 Å². The maximum Gasteiger partial charge on any atom is 0.337 e. The highest BCUT2D eigenvalue weighted by Crippen LogP contribution is 2.16. The molecule has 0 heterocycles. The molecule has 0 aliphatic carbocycles. The van der Waals surface area contributed by atoms with Gasteiger partial charge < -0.3 is 15.6 Å². The molecule has 0 bridgehead atoms. The molecule has 3 N–H and O–H groups in total. The topological polar surface area (TPSA) is 89.6 Å². The SMILES string of the molecule is CCCCOC(=O)[C@](N)(CC(C)C)C(=O)O. The molecule has 1 atom stereocenters. The number of carboxylic acid groups (broad SMARTS) is 1. The normalized spacial score (nSPS) is 14.6. The number of hydrogen-bond donors (Lipinski definition) is 2. The maximum atomic E-state index is 11.6. The summed E-state index contributed by atoms with van der Waals surface area (Å²) < 4.78 is 4.86. The number of hydrogen-bond acceptors (Lipinski definition) is 4. The van der Waals surface area contributed by atoms with Crippen molar-refractivity contribution in [1.29, 1.82) is 0 Å². The Hall–Kier alpha value is -1.10. The molecule has 0 amide bonds. The van der Waals surface area contributed by atoms with Gasteiger partial charge in [-0.15, -0.1) is 0 Å². The molecule has 0 fully saturated rings. The van der Waals surface area contributed by atoms with Crippen LogP contribution in [0.25, 0.3) is 0 Å². The van der Waals surface area contributed by atoms with Crippen molar-refractivity contribution in [3.05, 3.63) is 0 Å². The summed E-state index contributed by atoms with van der Waals surface area (Å²) in [6.07, 6.45) is 1.67. The minimum absolute atomic E-state index is 0.0137. The number of ether oxygens (including phenoxy) is 1. The average molecular weight is 231 g/mol. The zero-order chi connectivity index (χ0) is 12.8. The number of carboxylic acids is 1. The average Bonchev–Trinajstić information content (AvgIpc) is 2.16. The zero-order valence-corrected chi connectivity index (χ0v) is 10.2. The summed E-state index contributed by atoms with van der Waals surface area (Å²) in [5.74, 6) is -2.16. The van der Waals surface area contributed by atoms with Crippen LogP contribution < -0.4 is 5.73 Å². The number of nitrogens with two attached hydrogens (primary N) is 1. The molecule has 16 heavy (non-hydrogen) atoms. The first-order valence-electron chi connectivity index (χ1n) is 5.54. The van der Waals surface area contributed by atoms with Crippen LogP contribution in [0.2, 0.25) is 0 Å². The Balaban J connectivity index is 4.51. The molecule has 0 aromatic carbocycles. The first-order chi connectivity index (χ1) is 7.34. The second-order valence-corrected chi connectivity index (χ2v) is 4.36. The lowest BCUT2D eigenvalue weighted by atomic mass is 9.90. The van der Waals surface area contributed by atoms with Gasteiger partial charge >= 0.3 is 11.9 Å². The molecule has 5 nitrogen and oxygen atoms in total. The minimum atomic E-state index is -1.91. The highest BCUT2D eigenvalue weighted by Gasteiger charge is 2.44. The van der Waals surface area contributed by atoms with Crippen LogP contribution in [-0.4, -0.2) is 29.2 Å². The Labute approximate surface area is 96.0 Å². The highest BCUT2D eigenvalue weighted by atomic mass is 16.5. The van der Waals surface area contributed by atoms with Gasteiger partial charge in [0.1, 0.15) is 0 Å². The summed E-state index contributed by atoms with van der Waals surface area (Å²) in [5, 5.41) is 8.98. The number of carbonyl (C=O) groups excluding carboxylic acids is 1. The molecule has 0 aliphatic heterocycles. The van der Waals surface area contributed by atoms with Crippen LogP contribution in [0.4, 0.5) is 0 Å². The number of unbranched alkanes of at least 4 members (excludes halogenated alkanes) is 1. The van der Waals surface area contributed by atoms with Gasteiger partial charge in [0.2, 0.25) is 5.54 Å². The Kier molecular flexibility index (Phi) is 6.03. The predicted octanol–water partition coefficient (Wildman–Crippen LogP) is 1.16. The van der Waals surface area contributed by atoms with E-state index in [9.17, 15) is 9.59 Å². The third-order valence-corrected chi connectivity index (χ3v) is 2.21. The van der Waals surface area contributed by atoms with Gasteiger partial charge in [-0.3, -0.25) is 0 Å².